The number of benzene rings is 1. The molecule has 0 radical (unpaired) electrons. The molecule has 1 saturated heterocycles. The van der Waals surface area contributed by atoms with Gasteiger partial charge in [-0.15, -0.1) is 0 Å². The van der Waals surface area contributed by atoms with Crippen LogP contribution >= 0.6 is 0 Å². The molecule has 0 spiro atoms. The van der Waals surface area contributed by atoms with Gasteiger partial charge in [0.1, 0.15) is 6.04 Å². The summed E-state index contributed by atoms with van der Waals surface area (Å²) in [6.07, 6.45) is 3.60. The zero-order chi connectivity index (χ0) is 28.1. The highest BCUT2D eigenvalue weighted by atomic mass is 16.5. The van der Waals surface area contributed by atoms with Gasteiger partial charge in [0.25, 0.3) is 0 Å². The molecule has 1 aromatic carbocycles. The molecule has 214 valence electrons. The summed E-state index contributed by atoms with van der Waals surface area (Å²) in [5, 5.41) is 20.5. The zero-order valence-electron chi connectivity index (χ0n) is 23.9. The van der Waals surface area contributed by atoms with Crippen LogP contribution in [0.1, 0.15) is 78.7 Å². The molecule has 0 bridgehead atoms. The molecule has 2 rings (SSSR count). The average molecular weight is 532 g/mol. The van der Waals surface area contributed by atoms with Crippen LogP contribution in [0.4, 0.5) is 0 Å². The quantitative estimate of drug-likeness (QED) is 0.277. The van der Waals surface area contributed by atoms with Crippen molar-refractivity contribution in [2.24, 2.45) is 17.8 Å². The molecule has 5 atom stereocenters. The third kappa shape index (κ3) is 11.1. The number of hydrogen-bond acceptors (Lipinski definition) is 5. The Kier molecular flexibility index (Phi) is 13.8. The van der Waals surface area contributed by atoms with E-state index in [0.29, 0.717) is 51.2 Å². The number of carbonyl (C=O) groups excluding carboxylic acids is 3. The van der Waals surface area contributed by atoms with E-state index in [2.05, 4.69) is 29.8 Å². The second-order valence-electron chi connectivity index (χ2n) is 11.2. The van der Waals surface area contributed by atoms with Crippen molar-refractivity contribution in [1.29, 1.82) is 0 Å². The van der Waals surface area contributed by atoms with E-state index in [9.17, 15) is 19.5 Å². The lowest BCUT2D eigenvalue weighted by atomic mass is 9.91. The first kappa shape index (κ1) is 31.8. The number of rotatable bonds is 15. The molecule has 1 aliphatic rings. The maximum atomic E-state index is 13.3. The molecule has 0 aromatic heterocycles. The summed E-state index contributed by atoms with van der Waals surface area (Å²) in [5.74, 6) is -0.262. The van der Waals surface area contributed by atoms with Gasteiger partial charge in [0, 0.05) is 32.1 Å². The molecule has 1 heterocycles. The normalized spacial score (nSPS) is 18.2. The van der Waals surface area contributed by atoms with Gasteiger partial charge in [-0.2, -0.15) is 0 Å². The Morgan fingerprint density at radius 2 is 1.66 bits per heavy atom. The molecular weight excluding hydrogens is 482 g/mol. The number of carbonyl (C=O) groups is 3. The maximum Gasteiger partial charge on any atom is 0.243 e. The lowest BCUT2D eigenvalue weighted by molar-refractivity contribution is -0.130. The van der Waals surface area contributed by atoms with Crippen molar-refractivity contribution in [3.05, 3.63) is 35.9 Å². The highest BCUT2D eigenvalue weighted by molar-refractivity contribution is 5.87. The largest absolute Gasteiger partial charge is 0.391 e. The van der Waals surface area contributed by atoms with E-state index in [1.165, 1.54) is 6.92 Å². The topological polar surface area (TPSA) is 117 Å². The first-order valence-corrected chi connectivity index (χ1v) is 14.3. The molecule has 1 aliphatic heterocycles. The minimum atomic E-state index is -0.862. The molecule has 8 nitrogen and oxygen atoms in total. The van der Waals surface area contributed by atoms with E-state index in [1.54, 1.807) is 0 Å². The Bertz CT molecular complexity index is 857. The summed E-state index contributed by atoms with van der Waals surface area (Å²) in [7, 11) is 0. The molecule has 1 aromatic rings. The number of nitrogens with one attached hydrogen (secondary N) is 3. The van der Waals surface area contributed by atoms with Crippen LogP contribution in [-0.4, -0.2) is 60.3 Å². The van der Waals surface area contributed by atoms with Gasteiger partial charge in [0.15, 0.2) is 0 Å². The Morgan fingerprint density at radius 3 is 2.24 bits per heavy atom. The minimum Gasteiger partial charge on any atom is -0.391 e. The minimum absolute atomic E-state index is 0.0286. The number of aliphatic hydroxyl groups is 1. The van der Waals surface area contributed by atoms with Crippen molar-refractivity contribution in [3.8, 4) is 0 Å². The summed E-state index contributed by atoms with van der Waals surface area (Å²) in [5.41, 5.74) is 1.02. The van der Waals surface area contributed by atoms with Gasteiger partial charge in [-0.05, 0) is 55.9 Å². The summed E-state index contributed by atoms with van der Waals surface area (Å²) in [6, 6.07) is 8.39. The van der Waals surface area contributed by atoms with E-state index in [1.807, 2.05) is 44.2 Å². The fraction of sp³-hybridized carbons (Fsp3) is 0.700. The van der Waals surface area contributed by atoms with Crippen LogP contribution in [0.3, 0.4) is 0 Å². The van der Waals surface area contributed by atoms with Crippen LogP contribution in [0.15, 0.2) is 30.3 Å². The van der Waals surface area contributed by atoms with Crippen LogP contribution in [0.5, 0.6) is 0 Å². The lowest BCUT2D eigenvalue weighted by Crippen LogP contribution is -2.54. The number of ether oxygens (including phenoxy) is 1. The summed E-state index contributed by atoms with van der Waals surface area (Å²) in [4.78, 5) is 38.1. The van der Waals surface area contributed by atoms with Crippen molar-refractivity contribution in [3.63, 3.8) is 0 Å². The molecule has 3 amide bonds. The molecule has 3 unspecified atom stereocenters. The standard InChI is InChI=1S/C30H49N3O5/c1-6-21(4)28(31-22(5)34)30(37)32-25(13-12-20(2)3)19-27(35)26(18-23-10-8-7-9-11-23)33-29(36)24-14-16-38-17-15-24/h7-11,20-21,24-28,35H,6,12-19H2,1-5H3,(H,31,34)(H,32,37)(H,33,36)/t21?,25?,26?,27-,28-/m0/s1. The number of aliphatic hydroxyl groups excluding tert-OH is 1. The van der Waals surface area contributed by atoms with Crippen LogP contribution < -0.4 is 16.0 Å². The van der Waals surface area contributed by atoms with E-state index >= 15 is 0 Å². The van der Waals surface area contributed by atoms with E-state index < -0.39 is 18.2 Å². The molecule has 8 heteroatoms. The van der Waals surface area contributed by atoms with Crippen LogP contribution in [0.25, 0.3) is 0 Å². The molecule has 0 aliphatic carbocycles. The summed E-state index contributed by atoms with van der Waals surface area (Å²) in [6.45, 7) is 10.7. The van der Waals surface area contributed by atoms with E-state index in [-0.39, 0.29) is 35.6 Å². The Hall–Kier alpha value is -2.45. The van der Waals surface area contributed by atoms with Crippen LogP contribution in [-0.2, 0) is 25.5 Å². The Balaban J connectivity index is 2.19. The Labute approximate surface area is 228 Å². The highest BCUT2D eigenvalue weighted by Crippen LogP contribution is 2.19. The lowest BCUT2D eigenvalue weighted by Gasteiger charge is -2.32. The fourth-order valence-electron chi connectivity index (χ4n) is 4.86. The maximum absolute atomic E-state index is 13.3. The predicted octanol–water partition coefficient (Wildman–Crippen LogP) is 3.36. The average Bonchev–Trinajstić information content (AvgIpc) is 2.90. The van der Waals surface area contributed by atoms with Gasteiger partial charge in [0.05, 0.1) is 12.1 Å². The van der Waals surface area contributed by atoms with Gasteiger partial charge in [-0.3, -0.25) is 14.4 Å². The fourth-order valence-corrected chi connectivity index (χ4v) is 4.86. The van der Waals surface area contributed by atoms with Crippen molar-refractivity contribution < 1.29 is 24.2 Å². The Morgan fingerprint density at radius 1 is 1.00 bits per heavy atom. The van der Waals surface area contributed by atoms with Gasteiger partial charge < -0.3 is 25.8 Å². The third-order valence-corrected chi connectivity index (χ3v) is 7.50. The SMILES string of the molecule is CCC(C)[C@H](NC(C)=O)C(=O)NC(CCC(C)C)C[C@H](O)C(Cc1ccccc1)NC(=O)C1CCOCC1. The smallest absolute Gasteiger partial charge is 0.243 e. The first-order chi connectivity index (χ1) is 18.1. The molecule has 38 heavy (non-hydrogen) atoms. The van der Waals surface area contributed by atoms with E-state index in [4.69, 9.17) is 4.74 Å². The molecular formula is C30H49N3O5. The molecule has 4 N–H and O–H groups in total. The van der Waals surface area contributed by atoms with Crippen molar-refractivity contribution in [2.75, 3.05) is 13.2 Å². The zero-order valence-corrected chi connectivity index (χ0v) is 23.9. The second kappa shape index (κ2) is 16.5. The molecule has 0 saturated carbocycles. The summed E-state index contributed by atoms with van der Waals surface area (Å²) >= 11 is 0. The second-order valence-corrected chi connectivity index (χ2v) is 11.2. The van der Waals surface area contributed by atoms with Gasteiger partial charge in [-0.25, -0.2) is 0 Å². The highest BCUT2D eigenvalue weighted by Gasteiger charge is 2.31. The predicted molar refractivity (Wildman–Crippen MR) is 149 cm³/mol. The summed E-state index contributed by atoms with van der Waals surface area (Å²) < 4.78 is 5.41. The van der Waals surface area contributed by atoms with Crippen molar-refractivity contribution in [1.82, 2.24) is 16.0 Å². The third-order valence-electron chi connectivity index (χ3n) is 7.50. The first-order valence-electron chi connectivity index (χ1n) is 14.3. The van der Waals surface area contributed by atoms with Gasteiger partial charge in [-0.1, -0.05) is 64.4 Å². The van der Waals surface area contributed by atoms with Gasteiger partial charge >= 0.3 is 0 Å². The van der Waals surface area contributed by atoms with Crippen molar-refractivity contribution >= 4 is 17.7 Å². The molecule has 1 fully saturated rings. The monoisotopic (exact) mass is 531 g/mol. The van der Waals surface area contributed by atoms with Gasteiger partial charge in [0.2, 0.25) is 17.7 Å². The number of hydrogen-bond donors (Lipinski definition) is 4. The number of amides is 3. The van der Waals surface area contributed by atoms with Crippen LogP contribution in [0, 0.1) is 17.8 Å². The van der Waals surface area contributed by atoms with Crippen LogP contribution in [0.2, 0.25) is 0 Å². The van der Waals surface area contributed by atoms with Crippen molar-refractivity contribution in [2.45, 2.75) is 104 Å². The van der Waals surface area contributed by atoms with E-state index in [0.717, 1.165) is 18.4 Å².